The Kier molecular flexibility index (Phi) is 7.16. The lowest BCUT2D eigenvalue weighted by Gasteiger charge is -2.27. The second kappa shape index (κ2) is 10.6. The molecular formula is C29H23Cl2NO7. The number of nitrogens with zero attached hydrogens (tertiary/aromatic N) is 1. The fourth-order valence-electron chi connectivity index (χ4n) is 4.63. The first kappa shape index (κ1) is 26.5. The first-order valence-corrected chi connectivity index (χ1v) is 12.7. The number of hydrogen-bond donors (Lipinski definition) is 1. The molecule has 1 aliphatic heterocycles. The number of carbonyl (C=O) groups is 2. The number of anilines is 1. The molecule has 10 heteroatoms. The number of ketones is 1. The highest BCUT2D eigenvalue weighted by Crippen LogP contribution is 2.45. The molecule has 0 bridgehead atoms. The van der Waals surface area contributed by atoms with Gasteiger partial charge in [-0.2, -0.15) is 0 Å². The van der Waals surface area contributed by atoms with Crippen molar-refractivity contribution in [3.8, 4) is 17.2 Å². The predicted molar refractivity (Wildman–Crippen MR) is 148 cm³/mol. The highest BCUT2D eigenvalue weighted by molar-refractivity contribution is 6.31. The van der Waals surface area contributed by atoms with Crippen molar-refractivity contribution in [1.82, 2.24) is 0 Å². The molecule has 1 amide bonds. The molecule has 39 heavy (non-hydrogen) atoms. The van der Waals surface area contributed by atoms with E-state index in [0.717, 1.165) is 0 Å². The van der Waals surface area contributed by atoms with Crippen molar-refractivity contribution in [1.29, 1.82) is 0 Å². The number of Topliss-reactive ketones (excluding diaryl/α,β-unsaturated/α-hetero) is 1. The van der Waals surface area contributed by atoms with Crippen molar-refractivity contribution in [3.63, 3.8) is 0 Å². The Morgan fingerprint density at radius 3 is 2.33 bits per heavy atom. The Morgan fingerprint density at radius 1 is 0.949 bits per heavy atom. The van der Waals surface area contributed by atoms with Gasteiger partial charge in [0.2, 0.25) is 5.78 Å². The Balaban J connectivity index is 1.68. The fourth-order valence-corrected chi connectivity index (χ4v) is 4.98. The summed E-state index contributed by atoms with van der Waals surface area (Å²) in [5, 5.41) is 12.5. The monoisotopic (exact) mass is 567 g/mol. The summed E-state index contributed by atoms with van der Waals surface area (Å²) in [6, 6.07) is 15.2. The lowest BCUT2D eigenvalue weighted by atomic mass is 9.94. The van der Waals surface area contributed by atoms with Gasteiger partial charge in [0, 0.05) is 27.2 Å². The zero-order chi connectivity index (χ0) is 27.8. The van der Waals surface area contributed by atoms with E-state index >= 15 is 0 Å². The number of fused-ring (bicyclic) bond motifs is 1. The average molecular weight is 568 g/mol. The molecule has 0 fully saturated rings. The lowest BCUT2D eigenvalue weighted by Crippen LogP contribution is -2.31. The molecular weight excluding hydrogens is 545 g/mol. The molecule has 200 valence electrons. The molecule has 1 unspecified atom stereocenters. The van der Waals surface area contributed by atoms with Crippen LogP contribution in [0.1, 0.15) is 29.1 Å². The maximum absolute atomic E-state index is 14.0. The quantitative estimate of drug-likeness (QED) is 0.230. The van der Waals surface area contributed by atoms with Gasteiger partial charge in [0.15, 0.2) is 34.4 Å². The van der Waals surface area contributed by atoms with Gasteiger partial charge in [-0.05, 0) is 61.0 Å². The summed E-state index contributed by atoms with van der Waals surface area (Å²) in [5.41, 5.74) is 1.08. The maximum atomic E-state index is 14.0. The van der Waals surface area contributed by atoms with Gasteiger partial charge in [-0.1, -0.05) is 29.3 Å². The van der Waals surface area contributed by atoms with Crippen LogP contribution in [0.3, 0.4) is 0 Å². The van der Waals surface area contributed by atoms with Crippen LogP contribution in [-0.4, -0.2) is 37.6 Å². The smallest absolute Gasteiger partial charge is 0.294 e. The number of carbonyl (C=O) groups excluding carboxylic acids is 2. The zero-order valence-corrected chi connectivity index (χ0v) is 22.7. The van der Waals surface area contributed by atoms with Crippen molar-refractivity contribution in [3.05, 3.63) is 93.4 Å². The Hall–Kier alpha value is -4.14. The third-order valence-electron chi connectivity index (χ3n) is 6.35. The summed E-state index contributed by atoms with van der Waals surface area (Å²) >= 11 is 12.3. The molecule has 1 N–H and O–H groups in total. The van der Waals surface area contributed by atoms with Crippen LogP contribution in [0.15, 0.2) is 76.4 Å². The Morgan fingerprint density at radius 2 is 1.67 bits per heavy atom. The average Bonchev–Trinajstić information content (AvgIpc) is 3.47. The molecule has 1 atom stereocenters. The van der Waals surface area contributed by atoms with Gasteiger partial charge in [0.25, 0.3) is 5.91 Å². The van der Waals surface area contributed by atoms with Crippen molar-refractivity contribution in [2.45, 2.75) is 13.0 Å². The summed E-state index contributed by atoms with van der Waals surface area (Å²) in [4.78, 5) is 28.8. The number of halogens is 2. The fraction of sp³-hybridized carbons (Fsp3) is 0.172. The summed E-state index contributed by atoms with van der Waals surface area (Å²) < 4.78 is 22.4. The number of aliphatic hydroxyl groups excluding tert-OH is 1. The molecule has 1 aromatic heterocycles. The summed E-state index contributed by atoms with van der Waals surface area (Å²) in [6.45, 7) is 2.19. The minimum Gasteiger partial charge on any atom is -0.503 e. The first-order chi connectivity index (χ1) is 18.8. The topological polar surface area (TPSA) is 98.4 Å². The van der Waals surface area contributed by atoms with Gasteiger partial charge >= 0.3 is 0 Å². The zero-order valence-electron chi connectivity index (χ0n) is 21.2. The number of rotatable bonds is 8. The number of furan rings is 1. The van der Waals surface area contributed by atoms with E-state index < -0.39 is 23.5 Å². The maximum Gasteiger partial charge on any atom is 0.294 e. The van der Waals surface area contributed by atoms with E-state index in [9.17, 15) is 14.7 Å². The van der Waals surface area contributed by atoms with Crippen molar-refractivity contribution in [2.24, 2.45) is 0 Å². The molecule has 1 aliphatic rings. The van der Waals surface area contributed by atoms with Crippen LogP contribution in [-0.2, 0) is 4.79 Å². The van der Waals surface area contributed by atoms with Gasteiger partial charge in [0.05, 0.1) is 32.4 Å². The van der Waals surface area contributed by atoms with Gasteiger partial charge in [-0.15, -0.1) is 0 Å². The van der Waals surface area contributed by atoms with E-state index in [1.54, 1.807) is 54.6 Å². The third kappa shape index (κ3) is 4.66. The van der Waals surface area contributed by atoms with Crippen LogP contribution in [0.4, 0.5) is 5.69 Å². The molecule has 0 saturated heterocycles. The third-order valence-corrected chi connectivity index (χ3v) is 6.82. The van der Waals surface area contributed by atoms with Gasteiger partial charge < -0.3 is 23.7 Å². The van der Waals surface area contributed by atoms with Crippen molar-refractivity contribution < 1.29 is 33.3 Å². The molecule has 3 aromatic carbocycles. The van der Waals surface area contributed by atoms with Crippen LogP contribution < -0.4 is 19.1 Å². The molecule has 0 radical (unpaired) electrons. The largest absolute Gasteiger partial charge is 0.503 e. The van der Waals surface area contributed by atoms with E-state index in [0.29, 0.717) is 56.1 Å². The molecule has 4 aromatic rings. The van der Waals surface area contributed by atoms with Crippen LogP contribution in [0, 0.1) is 0 Å². The highest BCUT2D eigenvalue weighted by Gasteiger charge is 2.45. The van der Waals surface area contributed by atoms with Gasteiger partial charge in [-0.25, -0.2) is 0 Å². The highest BCUT2D eigenvalue weighted by atomic mass is 35.5. The van der Waals surface area contributed by atoms with Gasteiger partial charge in [-0.3, -0.25) is 14.5 Å². The second-order valence-electron chi connectivity index (χ2n) is 8.63. The second-order valence-corrected chi connectivity index (χ2v) is 9.50. The minimum absolute atomic E-state index is 0.0959. The van der Waals surface area contributed by atoms with Crippen molar-refractivity contribution >= 4 is 51.5 Å². The van der Waals surface area contributed by atoms with E-state index in [1.165, 1.54) is 25.2 Å². The molecule has 5 rings (SSSR count). The summed E-state index contributed by atoms with van der Waals surface area (Å²) in [6.07, 6.45) is 0. The number of ether oxygens (including phenoxy) is 3. The standard InChI is InChI=1S/C29H23Cl2NO7/c1-4-38-21-12-15(5-10-20(21)36-2)25-24(27(34)29(35)32(25)19-8-6-17(30)7-9-19)26(33)22-13-16-11-18(31)14-23(37-3)28(16)39-22/h5-14,25,34H,4H2,1-3H3. The molecule has 2 heterocycles. The Labute approximate surface area is 233 Å². The Bertz CT molecular complexity index is 1620. The van der Waals surface area contributed by atoms with E-state index in [1.807, 2.05) is 6.92 Å². The summed E-state index contributed by atoms with van der Waals surface area (Å²) in [5.74, 6) is -0.983. The minimum atomic E-state index is -1.02. The molecule has 0 saturated carbocycles. The number of methoxy groups -OCH3 is 2. The van der Waals surface area contributed by atoms with E-state index in [4.69, 9.17) is 41.8 Å². The first-order valence-electron chi connectivity index (χ1n) is 11.9. The van der Waals surface area contributed by atoms with Crippen molar-refractivity contribution in [2.75, 3.05) is 25.7 Å². The number of benzene rings is 3. The summed E-state index contributed by atoms with van der Waals surface area (Å²) in [7, 11) is 2.97. The van der Waals surface area contributed by atoms with Gasteiger partial charge in [0.1, 0.15) is 0 Å². The van der Waals surface area contributed by atoms with Crippen LogP contribution in [0.2, 0.25) is 10.0 Å². The molecule has 0 aliphatic carbocycles. The SMILES string of the molecule is CCOc1cc(C2C(C(=O)c3cc4cc(Cl)cc(OC)c4o3)=C(O)C(=O)N2c2ccc(Cl)cc2)ccc1OC. The number of amides is 1. The lowest BCUT2D eigenvalue weighted by molar-refractivity contribution is -0.117. The molecule has 0 spiro atoms. The van der Waals surface area contributed by atoms with Crippen LogP contribution in [0.5, 0.6) is 17.2 Å². The molecule has 8 nitrogen and oxygen atoms in total. The number of hydrogen-bond acceptors (Lipinski definition) is 7. The van der Waals surface area contributed by atoms with Crippen LogP contribution in [0.25, 0.3) is 11.0 Å². The normalized spacial score (nSPS) is 15.3. The predicted octanol–water partition coefficient (Wildman–Crippen LogP) is 6.94. The van der Waals surface area contributed by atoms with Crippen LogP contribution >= 0.6 is 23.2 Å². The number of aliphatic hydroxyl groups is 1. The van der Waals surface area contributed by atoms with E-state index in [-0.39, 0.29) is 11.3 Å². The van der Waals surface area contributed by atoms with E-state index in [2.05, 4.69) is 0 Å².